The highest BCUT2D eigenvalue weighted by Gasteiger charge is 2.09. The van der Waals surface area contributed by atoms with Crippen LogP contribution in [0, 0.1) is 6.92 Å². The summed E-state index contributed by atoms with van der Waals surface area (Å²) in [5.74, 6) is -0.130. The molecule has 0 aliphatic heterocycles. The summed E-state index contributed by atoms with van der Waals surface area (Å²) in [5, 5.41) is 0.526. The molecule has 0 saturated heterocycles. The molecule has 2 nitrogen and oxygen atoms in total. The SMILES string of the molecule is [CH2]CS(=O)(=O)c1ccc(Cl)cc1. The first kappa shape index (κ1) is 9.55. The molecular formula is C8H8ClO2S. The second-order valence-electron chi connectivity index (χ2n) is 2.27. The highest BCUT2D eigenvalue weighted by atomic mass is 35.5. The molecule has 0 spiro atoms. The van der Waals surface area contributed by atoms with Crippen LogP contribution in [-0.4, -0.2) is 14.2 Å². The van der Waals surface area contributed by atoms with E-state index in [1.165, 1.54) is 12.1 Å². The lowest BCUT2D eigenvalue weighted by molar-refractivity contribution is 0.599. The van der Waals surface area contributed by atoms with Crippen molar-refractivity contribution in [3.05, 3.63) is 36.2 Å². The summed E-state index contributed by atoms with van der Waals surface area (Å²) in [7, 11) is -3.18. The van der Waals surface area contributed by atoms with Crippen LogP contribution < -0.4 is 0 Å². The van der Waals surface area contributed by atoms with E-state index in [2.05, 4.69) is 6.92 Å². The van der Waals surface area contributed by atoms with Crippen LogP contribution in [0.25, 0.3) is 0 Å². The average molecular weight is 204 g/mol. The summed E-state index contributed by atoms with van der Waals surface area (Å²) >= 11 is 5.59. The van der Waals surface area contributed by atoms with Gasteiger partial charge in [-0.1, -0.05) is 11.6 Å². The highest BCUT2D eigenvalue weighted by Crippen LogP contribution is 2.14. The molecule has 0 aliphatic rings. The quantitative estimate of drug-likeness (QED) is 0.737. The Hall–Kier alpha value is -0.540. The summed E-state index contributed by atoms with van der Waals surface area (Å²) < 4.78 is 22.4. The largest absolute Gasteiger partial charge is 0.224 e. The third kappa shape index (κ3) is 1.99. The van der Waals surface area contributed by atoms with Crippen LogP contribution in [0.2, 0.25) is 5.02 Å². The van der Waals surface area contributed by atoms with Crippen molar-refractivity contribution in [3.63, 3.8) is 0 Å². The maximum absolute atomic E-state index is 11.2. The minimum atomic E-state index is -3.18. The van der Waals surface area contributed by atoms with Gasteiger partial charge in [0.05, 0.1) is 10.6 Å². The second kappa shape index (κ2) is 3.46. The summed E-state index contributed by atoms with van der Waals surface area (Å²) in [5.41, 5.74) is 0. The lowest BCUT2D eigenvalue weighted by Crippen LogP contribution is -2.02. The first-order chi connectivity index (χ1) is 5.56. The van der Waals surface area contributed by atoms with E-state index in [0.29, 0.717) is 5.02 Å². The second-order valence-corrected chi connectivity index (χ2v) is 4.82. The molecule has 0 heterocycles. The fourth-order valence-corrected chi connectivity index (χ4v) is 1.67. The van der Waals surface area contributed by atoms with Crippen molar-refractivity contribution in [3.8, 4) is 0 Å². The molecule has 0 atom stereocenters. The Morgan fingerprint density at radius 1 is 1.25 bits per heavy atom. The Morgan fingerprint density at radius 2 is 1.75 bits per heavy atom. The van der Waals surface area contributed by atoms with E-state index in [4.69, 9.17) is 11.6 Å². The van der Waals surface area contributed by atoms with Gasteiger partial charge in [0.1, 0.15) is 0 Å². The van der Waals surface area contributed by atoms with Gasteiger partial charge in [0.2, 0.25) is 0 Å². The van der Waals surface area contributed by atoms with Crippen LogP contribution in [0.5, 0.6) is 0 Å². The van der Waals surface area contributed by atoms with Gasteiger partial charge in [-0.05, 0) is 31.2 Å². The summed E-state index contributed by atoms with van der Waals surface area (Å²) in [6.45, 7) is 3.34. The molecule has 0 fully saturated rings. The van der Waals surface area contributed by atoms with Gasteiger partial charge in [-0.3, -0.25) is 0 Å². The van der Waals surface area contributed by atoms with Crippen LogP contribution in [0.3, 0.4) is 0 Å². The fraction of sp³-hybridized carbons (Fsp3) is 0.125. The summed E-state index contributed by atoms with van der Waals surface area (Å²) in [6, 6.07) is 6.04. The molecule has 12 heavy (non-hydrogen) atoms. The van der Waals surface area contributed by atoms with Gasteiger partial charge in [-0.2, -0.15) is 0 Å². The average Bonchev–Trinajstić information content (AvgIpc) is 2.05. The van der Waals surface area contributed by atoms with Gasteiger partial charge in [0, 0.05) is 5.02 Å². The molecule has 0 saturated carbocycles. The number of halogens is 1. The van der Waals surface area contributed by atoms with Crippen molar-refractivity contribution in [2.24, 2.45) is 0 Å². The van der Waals surface area contributed by atoms with Crippen molar-refractivity contribution < 1.29 is 8.42 Å². The van der Waals surface area contributed by atoms with Gasteiger partial charge in [-0.25, -0.2) is 8.42 Å². The predicted octanol–water partition coefficient (Wildman–Crippen LogP) is 1.95. The number of sulfone groups is 1. The Kier molecular flexibility index (Phi) is 2.75. The first-order valence-corrected chi connectivity index (χ1v) is 5.37. The molecule has 4 heteroatoms. The fourth-order valence-electron chi connectivity index (χ4n) is 0.760. The van der Waals surface area contributed by atoms with Crippen molar-refractivity contribution in [1.82, 2.24) is 0 Å². The standard InChI is InChI=1S/C8H8ClO2S/c1-2-12(10,11)8-5-3-7(9)4-6-8/h3-6H,1-2H2. The first-order valence-electron chi connectivity index (χ1n) is 3.34. The Labute approximate surface area is 77.1 Å². The lowest BCUT2D eigenvalue weighted by Gasteiger charge is -1.99. The van der Waals surface area contributed by atoms with Gasteiger partial charge >= 0.3 is 0 Å². The molecule has 0 aliphatic carbocycles. The normalized spacial score (nSPS) is 11.5. The molecule has 1 aromatic carbocycles. The van der Waals surface area contributed by atoms with Crippen LogP contribution in [0.1, 0.15) is 0 Å². The Bertz CT molecular complexity index is 353. The van der Waals surface area contributed by atoms with Gasteiger partial charge in [-0.15, -0.1) is 0 Å². The number of hydrogen-bond donors (Lipinski definition) is 0. The minimum absolute atomic E-state index is 0.130. The number of benzene rings is 1. The van der Waals surface area contributed by atoms with Crippen molar-refractivity contribution >= 4 is 21.4 Å². The third-order valence-corrected chi connectivity index (χ3v) is 3.22. The smallest absolute Gasteiger partial charge is 0.178 e. The third-order valence-electron chi connectivity index (χ3n) is 1.44. The van der Waals surface area contributed by atoms with Gasteiger partial charge < -0.3 is 0 Å². The Morgan fingerprint density at radius 3 is 2.17 bits per heavy atom. The van der Waals surface area contributed by atoms with Gasteiger partial charge in [0.15, 0.2) is 9.84 Å². The maximum Gasteiger partial charge on any atom is 0.178 e. The zero-order chi connectivity index (χ0) is 9.19. The minimum Gasteiger partial charge on any atom is -0.224 e. The van der Waals surface area contributed by atoms with Crippen molar-refractivity contribution in [2.45, 2.75) is 4.90 Å². The van der Waals surface area contributed by atoms with E-state index in [1.807, 2.05) is 0 Å². The molecular weight excluding hydrogens is 196 g/mol. The summed E-state index contributed by atoms with van der Waals surface area (Å²) in [6.07, 6.45) is 0. The molecule has 0 amide bonds. The van der Waals surface area contributed by atoms with Crippen LogP contribution in [-0.2, 0) is 9.84 Å². The van der Waals surface area contributed by atoms with Crippen LogP contribution in [0.4, 0.5) is 0 Å². The number of hydrogen-bond acceptors (Lipinski definition) is 2. The number of rotatable bonds is 2. The molecule has 65 valence electrons. The molecule has 1 radical (unpaired) electrons. The van der Waals surface area contributed by atoms with Crippen molar-refractivity contribution in [2.75, 3.05) is 5.75 Å². The van der Waals surface area contributed by atoms with E-state index in [1.54, 1.807) is 12.1 Å². The molecule has 0 N–H and O–H groups in total. The zero-order valence-corrected chi connectivity index (χ0v) is 7.90. The zero-order valence-electron chi connectivity index (χ0n) is 6.33. The van der Waals surface area contributed by atoms with Crippen LogP contribution >= 0.6 is 11.6 Å². The monoisotopic (exact) mass is 203 g/mol. The van der Waals surface area contributed by atoms with Crippen LogP contribution in [0.15, 0.2) is 29.2 Å². The van der Waals surface area contributed by atoms with E-state index in [-0.39, 0.29) is 10.6 Å². The lowest BCUT2D eigenvalue weighted by atomic mass is 10.4. The summed E-state index contributed by atoms with van der Waals surface area (Å²) in [4.78, 5) is 0.266. The molecule has 0 unspecified atom stereocenters. The topological polar surface area (TPSA) is 34.1 Å². The van der Waals surface area contributed by atoms with E-state index in [9.17, 15) is 8.42 Å². The molecule has 0 aromatic heterocycles. The van der Waals surface area contributed by atoms with Gasteiger partial charge in [0.25, 0.3) is 0 Å². The molecule has 1 rings (SSSR count). The predicted molar refractivity (Wildman–Crippen MR) is 48.9 cm³/mol. The molecule has 0 bridgehead atoms. The van der Waals surface area contributed by atoms with Crippen molar-refractivity contribution in [1.29, 1.82) is 0 Å². The maximum atomic E-state index is 11.2. The Balaban J connectivity index is 3.14. The van der Waals surface area contributed by atoms with E-state index < -0.39 is 9.84 Å². The van der Waals surface area contributed by atoms with E-state index >= 15 is 0 Å². The highest BCUT2D eigenvalue weighted by molar-refractivity contribution is 7.91. The van der Waals surface area contributed by atoms with E-state index in [0.717, 1.165) is 0 Å². The molecule has 1 aromatic rings.